The molecule has 1 saturated carbocycles. The Morgan fingerprint density at radius 2 is 2.21 bits per heavy atom. The summed E-state index contributed by atoms with van der Waals surface area (Å²) in [6.07, 6.45) is 1.86. The molecular formula is C17H26FN5O. The molecule has 3 heterocycles. The molecule has 1 aliphatic carbocycles. The van der Waals surface area contributed by atoms with Crippen LogP contribution in [0.15, 0.2) is 0 Å². The fourth-order valence-electron chi connectivity index (χ4n) is 5.14. The first-order chi connectivity index (χ1) is 11.6. The third kappa shape index (κ3) is 2.61. The van der Waals surface area contributed by atoms with Crippen molar-refractivity contribution in [3.63, 3.8) is 0 Å². The summed E-state index contributed by atoms with van der Waals surface area (Å²) in [4.78, 5) is 17.2. The number of hydrogen-bond donors (Lipinski definition) is 2. The quantitative estimate of drug-likeness (QED) is 0.726. The lowest BCUT2D eigenvalue weighted by Gasteiger charge is -2.43. The zero-order valence-electron chi connectivity index (χ0n) is 14.1. The van der Waals surface area contributed by atoms with Crippen LogP contribution in [-0.4, -0.2) is 65.9 Å². The molecule has 5 unspecified atom stereocenters. The molecule has 6 nitrogen and oxygen atoms in total. The van der Waals surface area contributed by atoms with Gasteiger partial charge in [-0.3, -0.25) is 19.9 Å². The van der Waals surface area contributed by atoms with Crippen LogP contribution in [0.25, 0.3) is 0 Å². The van der Waals surface area contributed by atoms with Gasteiger partial charge in [-0.1, -0.05) is 0 Å². The third-order valence-corrected chi connectivity index (χ3v) is 6.23. The first kappa shape index (κ1) is 16.2. The van der Waals surface area contributed by atoms with Crippen LogP contribution < -0.4 is 10.6 Å². The third-order valence-electron chi connectivity index (χ3n) is 6.23. The van der Waals surface area contributed by atoms with E-state index in [0.717, 1.165) is 25.9 Å². The van der Waals surface area contributed by atoms with Crippen LogP contribution in [0.4, 0.5) is 4.39 Å². The first-order valence-electron chi connectivity index (χ1n) is 9.17. The van der Waals surface area contributed by atoms with E-state index in [-0.39, 0.29) is 42.2 Å². The number of halogens is 1. The molecular weight excluding hydrogens is 309 g/mol. The molecule has 24 heavy (non-hydrogen) atoms. The van der Waals surface area contributed by atoms with Crippen LogP contribution in [0, 0.1) is 23.2 Å². The lowest BCUT2D eigenvalue weighted by atomic mass is 9.80. The largest absolute Gasteiger partial charge is 0.354 e. The summed E-state index contributed by atoms with van der Waals surface area (Å²) >= 11 is 0. The minimum Gasteiger partial charge on any atom is -0.354 e. The normalized spacial score (nSPS) is 46.7. The Hall–Kier alpha value is -1.23. The van der Waals surface area contributed by atoms with Gasteiger partial charge < -0.3 is 5.32 Å². The Morgan fingerprint density at radius 1 is 1.38 bits per heavy atom. The van der Waals surface area contributed by atoms with Crippen molar-refractivity contribution in [2.75, 3.05) is 19.6 Å². The van der Waals surface area contributed by atoms with Crippen molar-refractivity contribution in [1.29, 1.82) is 5.26 Å². The van der Waals surface area contributed by atoms with Crippen molar-refractivity contribution >= 4 is 5.91 Å². The number of piperidine rings is 1. The van der Waals surface area contributed by atoms with Gasteiger partial charge in [0.1, 0.15) is 12.5 Å². The summed E-state index contributed by atoms with van der Waals surface area (Å²) in [5, 5.41) is 15.9. The number of nitrogens with zero attached hydrogens (tertiary/aromatic N) is 3. The molecule has 2 N–H and O–H groups in total. The van der Waals surface area contributed by atoms with Gasteiger partial charge in [-0.2, -0.15) is 5.26 Å². The van der Waals surface area contributed by atoms with Gasteiger partial charge in [0.25, 0.3) is 0 Å². The van der Waals surface area contributed by atoms with Crippen LogP contribution >= 0.6 is 0 Å². The SMILES string of the molecule is C[C@H]1CNC(=O)C2CC(F)CC3NC(N4CCC[C@H](C#N)C4)N1C32. The fourth-order valence-corrected chi connectivity index (χ4v) is 5.14. The summed E-state index contributed by atoms with van der Waals surface area (Å²) in [6, 6.07) is 2.67. The number of likely N-dealkylation sites (tertiary alicyclic amines) is 1. The standard InChI is InChI=1S/C17H26FN5O/c1-10-8-20-16(24)13-5-12(18)6-14-15(13)23(10)17(21-14)22-4-2-3-11(7-19)9-22/h10-15,17,21H,2-6,8-9H2,1H3,(H,20,24)/t10-,11+,12?,13?,14?,15?,17?/m0/s1. The number of hydrogen-bond acceptors (Lipinski definition) is 5. The number of nitrogens with one attached hydrogen (secondary N) is 2. The second-order valence-corrected chi connectivity index (χ2v) is 7.82. The highest BCUT2D eigenvalue weighted by molar-refractivity contribution is 5.80. The van der Waals surface area contributed by atoms with Crippen molar-refractivity contribution in [2.45, 2.75) is 63.2 Å². The molecule has 4 fully saturated rings. The van der Waals surface area contributed by atoms with Gasteiger partial charge >= 0.3 is 0 Å². The Bertz CT molecular complexity index is 552. The number of rotatable bonds is 1. The molecule has 3 aliphatic heterocycles. The fraction of sp³-hybridized carbons (Fsp3) is 0.882. The summed E-state index contributed by atoms with van der Waals surface area (Å²) < 4.78 is 14.2. The molecule has 3 saturated heterocycles. The second-order valence-electron chi connectivity index (χ2n) is 7.82. The van der Waals surface area contributed by atoms with Gasteiger partial charge in [-0.05, 0) is 32.6 Å². The van der Waals surface area contributed by atoms with Crippen LogP contribution in [0.2, 0.25) is 0 Å². The first-order valence-corrected chi connectivity index (χ1v) is 9.17. The smallest absolute Gasteiger partial charge is 0.224 e. The number of carbonyl (C=O) groups is 1. The van der Waals surface area contributed by atoms with Crippen molar-refractivity contribution in [3.05, 3.63) is 0 Å². The zero-order chi connectivity index (χ0) is 16.8. The van der Waals surface area contributed by atoms with E-state index in [4.69, 9.17) is 0 Å². The van der Waals surface area contributed by atoms with Gasteiger partial charge in [-0.25, -0.2) is 4.39 Å². The van der Waals surface area contributed by atoms with E-state index in [1.54, 1.807) is 0 Å². The Kier molecular flexibility index (Phi) is 4.23. The molecule has 0 bridgehead atoms. The maximum absolute atomic E-state index is 14.2. The number of nitriles is 1. The van der Waals surface area contributed by atoms with E-state index >= 15 is 0 Å². The van der Waals surface area contributed by atoms with Crippen LogP contribution in [0.3, 0.4) is 0 Å². The lowest BCUT2D eigenvalue weighted by Crippen LogP contribution is -2.58. The number of alkyl halides is 1. The topological polar surface area (TPSA) is 71.4 Å². The minimum atomic E-state index is -0.920. The predicted octanol–water partition coefficient (Wildman–Crippen LogP) is 0.414. The highest BCUT2D eigenvalue weighted by atomic mass is 19.1. The molecule has 4 rings (SSSR count). The van der Waals surface area contributed by atoms with E-state index in [0.29, 0.717) is 19.4 Å². The van der Waals surface area contributed by atoms with E-state index in [1.165, 1.54) is 0 Å². The maximum Gasteiger partial charge on any atom is 0.224 e. The molecule has 0 aromatic rings. The van der Waals surface area contributed by atoms with Gasteiger partial charge in [-0.15, -0.1) is 0 Å². The van der Waals surface area contributed by atoms with Crippen molar-refractivity contribution in [2.24, 2.45) is 11.8 Å². The van der Waals surface area contributed by atoms with Crippen LogP contribution in [0.1, 0.15) is 32.6 Å². The van der Waals surface area contributed by atoms with Crippen molar-refractivity contribution in [3.8, 4) is 6.07 Å². The van der Waals surface area contributed by atoms with Crippen LogP contribution in [-0.2, 0) is 4.79 Å². The van der Waals surface area contributed by atoms with Gasteiger partial charge in [0, 0.05) is 37.8 Å². The van der Waals surface area contributed by atoms with E-state index in [1.807, 2.05) is 0 Å². The van der Waals surface area contributed by atoms with Gasteiger partial charge in [0.05, 0.1) is 17.9 Å². The molecule has 0 radical (unpaired) electrons. The molecule has 7 atom stereocenters. The average Bonchev–Trinajstić information content (AvgIpc) is 2.92. The summed E-state index contributed by atoms with van der Waals surface area (Å²) in [7, 11) is 0. The zero-order valence-corrected chi connectivity index (χ0v) is 14.1. The summed E-state index contributed by atoms with van der Waals surface area (Å²) in [5.74, 6) is -0.217. The Morgan fingerprint density at radius 3 is 3.00 bits per heavy atom. The monoisotopic (exact) mass is 335 g/mol. The van der Waals surface area contributed by atoms with E-state index in [2.05, 4.69) is 33.4 Å². The van der Waals surface area contributed by atoms with Crippen molar-refractivity contribution in [1.82, 2.24) is 20.4 Å². The number of carbonyl (C=O) groups excluding carboxylic acids is 1. The molecule has 0 aromatic heterocycles. The second kappa shape index (κ2) is 6.25. The molecule has 132 valence electrons. The number of amides is 1. The minimum absolute atomic E-state index is 0.00213. The highest BCUT2D eigenvalue weighted by Gasteiger charge is 2.55. The van der Waals surface area contributed by atoms with Crippen molar-refractivity contribution < 1.29 is 9.18 Å². The molecule has 7 heteroatoms. The molecule has 0 aromatic carbocycles. The molecule has 4 aliphatic rings. The van der Waals surface area contributed by atoms with Gasteiger partial charge in [0.2, 0.25) is 5.91 Å². The lowest BCUT2D eigenvalue weighted by molar-refractivity contribution is -0.128. The molecule has 1 amide bonds. The van der Waals surface area contributed by atoms with E-state index in [9.17, 15) is 14.4 Å². The molecule has 0 spiro atoms. The Labute approximate surface area is 142 Å². The average molecular weight is 335 g/mol. The van der Waals surface area contributed by atoms with Gasteiger partial charge in [0.15, 0.2) is 0 Å². The predicted molar refractivity (Wildman–Crippen MR) is 86.3 cm³/mol. The van der Waals surface area contributed by atoms with E-state index < -0.39 is 6.17 Å². The summed E-state index contributed by atoms with van der Waals surface area (Å²) in [5.41, 5.74) is 0. The van der Waals surface area contributed by atoms with Crippen LogP contribution in [0.5, 0.6) is 0 Å². The summed E-state index contributed by atoms with van der Waals surface area (Å²) in [6.45, 7) is 4.43. The maximum atomic E-state index is 14.2. The Balaban J connectivity index is 1.63. The highest BCUT2D eigenvalue weighted by Crippen LogP contribution is 2.39.